The summed E-state index contributed by atoms with van der Waals surface area (Å²) in [6.45, 7) is 6.10. The number of hydrogen-bond donors (Lipinski definition) is 1. The Morgan fingerprint density at radius 3 is 2.85 bits per heavy atom. The Bertz CT molecular complexity index is 238. The van der Waals surface area contributed by atoms with Crippen LogP contribution in [0.15, 0.2) is 10.6 Å². The number of nitrogens with one attached hydrogen (secondary N) is 1. The van der Waals surface area contributed by atoms with Crippen molar-refractivity contribution in [1.29, 1.82) is 0 Å². The van der Waals surface area contributed by atoms with Gasteiger partial charge in [-0.3, -0.25) is 4.79 Å². The van der Waals surface area contributed by atoms with E-state index in [-0.39, 0.29) is 5.97 Å². The molecular formula is C9H15NO2S. The maximum atomic E-state index is 10.5. The molecule has 0 saturated carbocycles. The van der Waals surface area contributed by atoms with Gasteiger partial charge in [0.15, 0.2) is 0 Å². The van der Waals surface area contributed by atoms with Gasteiger partial charge in [0, 0.05) is 23.9 Å². The van der Waals surface area contributed by atoms with Crippen molar-refractivity contribution < 1.29 is 9.53 Å². The van der Waals surface area contributed by atoms with Crippen molar-refractivity contribution in [1.82, 2.24) is 5.32 Å². The van der Waals surface area contributed by atoms with Gasteiger partial charge in [-0.2, -0.15) is 0 Å². The van der Waals surface area contributed by atoms with Crippen molar-refractivity contribution in [3.63, 3.8) is 0 Å². The van der Waals surface area contributed by atoms with Gasteiger partial charge < -0.3 is 10.1 Å². The first kappa shape index (κ1) is 10.4. The first-order chi connectivity index (χ1) is 6.09. The van der Waals surface area contributed by atoms with Crippen LogP contribution in [0.2, 0.25) is 0 Å². The van der Waals surface area contributed by atoms with E-state index in [0.29, 0.717) is 12.0 Å². The van der Waals surface area contributed by atoms with Crippen LogP contribution in [-0.4, -0.2) is 18.0 Å². The Hall–Kier alpha value is -0.640. The molecule has 0 fully saturated rings. The maximum absolute atomic E-state index is 10.5. The van der Waals surface area contributed by atoms with Gasteiger partial charge in [-0.15, -0.1) is 11.8 Å². The minimum Gasteiger partial charge on any atom is -0.466 e. The van der Waals surface area contributed by atoms with Gasteiger partial charge in [0.05, 0.1) is 12.0 Å². The highest BCUT2D eigenvalue weighted by atomic mass is 32.2. The lowest BCUT2D eigenvalue weighted by Crippen LogP contribution is -2.14. The normalized spacial score (nSPS) is 21.6. The van der Waals surface area contributed by atoms with Crippen LogP contribution in [0.4, 0.5) is 0 Å². The Kier molecular flexibility index (Phi) is 3.66. The van der Waals surface area contributed by atoms with Crippen LogP contribution in [0.5, 0.6) is 0 Å². The summed E-state index contributed by atoms with van der Waals surface area (Å²) in [6.07, 6.45) is 0.827. The fourth-order valence-corrected chi connectivity index (χ4v) is 2.35. The smallest absolute Gasteiger partial charge is 0.302 e. The summed E-state index contributed by atoms with van der Waals surface area (Å²) < 4.78 is 4.87. The molecule has 13 heavy (non-hydrogen) atoms. The molecular weight excluding hydrogens is 186 g/mol. The van der Waals surface area contributed by atoms with Crippen LogP contribution < -0.4 is 5.32 Å². The standard InChI is InChI=1S/C9H15NO2S/c1-6-9(13-7(2)10-6)4-5-12-8(3)11/h7,10H,4-5H2,1-3H3. The molecule has 1 unspecified atom stereocenters. The molecule has 0 spiro atoms. The molecule has 0 radical (unpaired) electrons. The predicted molar refractivity (Wildman–Crippen MR) is 54.1 cm³/mol. The first-order valence-corrected chi connectivity index (χ1v) is 5.24. The van der Waals surface area contributed by atoms with E-state index in [2.05, 4.69) is 19.2 Å². The van der Waals surface area contributed by atoms with Crippen LogP contribution in [0.3, 0.4) is 0 Å². The second-order valence-corrected chi connectivity index (χ2v) is 4.48. The minimum absolute atomic E-state index is 0.206. The van der Waals surface area contributed by atoms with Crippen LogP contribution >= 0.6 is 11.8 Å². The molecule has 1 aliphatic heterocycles. The van der Waals surface area contributed by atoms with Gasteiger partial charge in [-0.25, -0.2) is 0 Å². The summed E-state index contributed by atoms with van der Waals surface area (Å²) >= 11 is 1.80. The summed E-state index contributed by atoms with van der Waals surface area (Å²) in [6, 6.07) is 0. The van der Waals surface area contributed by atoms with Crippen molar-refractivity contribution in [2.45, 2.75) is 32.6 Å². The Morgan fingerprint density at radius 2 is 2.38 bits per heavy atom. The third-order valence-electron chi connectivity index (χ3n) is 1.79. The molecule has 0 aromatic rings. The average Bonchev–Trinajstić information content (AvgIpc) is 2.29. The van der Waals surface area contributed by atoms with E-state index in [9.17, 15) is 4.79 Å². The molecule has 1 aliphatic rings. The number of allylic oxidation sites excluding steroid dienone is 1. The molecule has 0 aliphatic carbocycles. The number of esters is 1. The number of rotatable bonds is 3. The van der Waals surface area contributed by atoms with E-state index in [1.807, 2.05) is 0 Å². The zero-order valence-electron chi connectivity index (χ0n) is 8.22. The molecule has 0 amide bonds. The van der Waals surface area contributed by atoms with Gasteiger partial charge in [0.25, 0.3) is 0 Å². The third kappa shape index (κ3) is 3.30. The van der Waals surface area contributed by atoms with E-state index >= 15 is 0 Å². The predicted octanol–water partition coefficient (Wildman–Crippen LogP) is 1.85. The Morgan fingerprint density at radius 1 is 1.69 bits per heavy atom. The SMILES string of the molecule is CC(=O)OCCC1=C(C)NC(C)S1. The molecule has 1 rings (SSSR count). The molecule has 0 aromatic heterocycles. The highest BCUT2D eigenvalue weighted by molar-refractivity contribution is 8.03. The number of carbonyl (C=O) groups excluding carboxylic acids is 1. The van der Waals surface area contributed by atoms with E-state index in [1.54, 1.807) is 11.8 Å². The largest absolute Gasteiger partial charge is 0.466 e. The van der Waals surface area contributed by atoms with Crippen LogP contribution in [0.1, 0.15) is 27.2 Å². The van der Waals surface area contributed by atoms with Crippen LogP contribution in [0, 0.1) is 0 Å². The number of ether oxygens (including phenoxy) is 1. The highest BCUT2D eigenvalue weighted by Gasteiger charge is 2.17. The quantitative estimate of drug-likeness (QED) is 0.707. The highest BCUT2D eigenvalue weighted by Crippen LogP contribution is 2.31. The number of hydrogen-bond acceptors (Lipinski definition) is 4. The van der Waals surface area contributed by atoms with Crippen molar-refractivity contribution in [3.05, 3.63) is 10.6 Å². The van der Waals surface area contributed by atoms with Gasteiger partial charge in [0.1, 0.15) is 0 Å². The molecule has 3 nitrogen and oxygen atoms in total. The van der Waals surface area contributed by atoms with Gasteiger partial charge in [-0.05, 0) is 13.8 Å². The van der Waals surface area contributed by atoms with Crippen LogP contribution in [0.25, 0.3) is 0 Å². The molecule has 4 heteroatoms. The van der Waals surface area contributed by atoms with Crippen molar-refractivity contribution in [2.75, 3.05) is 6.61 Å². The van der Waals surface area contributed by atoms with Gasteiger partial charge in [-0.1, -0.05) is 0 Å². The molecule has 1 N–H and O–H groups in total. The summed E-state index contributed by atoms with van der Waals surface area (Å²) in [5.74, 6) is -0.206. The molecule has 0 aromatic carbocycles. The Balaban J connectivity index is 2.29. The van der Waals surface area contributed by atoms with Crippen LogP contribution in [-0.2, 0) is 9.53 Å². The monoisotopic (exact) mass is 201 g/mol. The first-order valence-electron chi connectivity index (χ1n) is 4.36. The second-order valence-electron chi connectivity index (χ2n) is 3.04. The fourth-order valence-electron chi connectivity index (χ4n) is 1.25. The second kappa shape index (κ2) is 4.56. The van der Waals surface area contributed by atoms with Gasteiger partial charge >= 0.3 is 5.97 Å². The minimum atomic E-state index is -0.206. The summed E-state index contributed by atoms with van der Waals surface area (Å²) in [4.78, 5) is 11.8. The lowest BCUT2D eigenvalue weighted by molar-refractivity contribution is -0.140. The van der Waals surface area contributed by atoms with Crippen molar-refractivity contribution in [2.24, 2.45) is 0 Å². The van der Waals surface area contributed by atoms with E-state index in [0.717, 1.165) is 6.42 Å². The number of carbonyl (C=O) groups is 1. The molecule has 0 saturated heterocycles. The average molecular weight is 201 g/mol. The molecule has 0 bridgehead atoms. The lowest BCUT2D eigenvalue weighted by atomic mass is 10.3. The Labute approximate surface area is 82.9 Å². The zero-order chi connectivity index (χ0) is 9.84. The zero-order valence-corrected chi connectivity index (χ0v) is 9.03. The van der Waals surface area contributed by atoms with Crippen molar-refractivity contribution in [3.8, 4) is 0 Å². The topological polar surface area (TPSA) is 38.3 Å². The van der Waals surface area contributed by atoms with E-state index < -0.39 is 0 Å². The molecule has 1 heterocycles. The van der Waals surface area contributed by atoms with Gasteiger partial charge in [0.2, 0.25) is 0 Å². The van der Waals surface area contributed by atoms with E-state index in [1.165, 1.54) is 17.5 Å². The summed E-state index contributed by atoms with van der Waals surface area (Å²) in [5, 5.41) is 3.76. The lowest BCUT2D eigenvalue weighted by Gasteiger charge is -2.02. The van der Waals surface area contributed by atoms with Crippen molar-refractivity contribution >= 4 is 17.7 Å². The fraction of sp³-hybridized carbons (Fsp3) is 0.667. The molecule has 1 atom stereocenters. The molecule has 74 valence electrons. The number of thioether (sulfide) groups is 1. The summed E-state index contributed by atoms with van der Waals surface area (Å²) in [5.41, 5.74) is 1.21. The summed E-state index contributed by atoms with van der Waals surface area (Å²) in [7, 11) is 0. The third-order valence-corrected chi connectivity index (χ3v) is 3.06. The van der Waals surface area contributed by atoms with E-state index in [4.69, 9.17) is 4.74 Å². The maximum Gasteiger partial charge on any atom is 0.302 e.